The number of hydrogen-bond acceptors (Lipinski definition) is 1. The summed E-state index contributed by atoms with van der Waals surface area (Å²) in [4.78, 5) is 0. The number of rotatable bonds is 6. The molecule has 0 fully saturated rings. The van der Waals surface area contributed by atoms with Gasteiger partial charge in [-0.15, -0.1) is 0 Å². The number of para-hydroxylation sites is 3. The number of furan rings is 1. The average molecular weight is 830 g/mol. The minimum atomic E-state index is 0.193. The van der Waals surface area contributed by atoms with E-state index in [1.165, 1.54) is 76.7 Å². The molecule has 0 spiro atoms. The van der Waals surface area contributed by atoms with Gasteiger partial charge in [-0.05, 0) is 96.7 Å². The third-order valence-corrected chi connectivity index (χ3v) is 13.9. The van der Waals surface area contributed by atoms with Gasteiger partial charge in [-0.3, -0.25) is 0 Å². The second-order valence-electron chi connectivity index (χ2n) is 17.6. The minimum absolute atomic E-state index is 0.193. The molecule has 10 aromatic carbocycles. The van der Waals surface area contributed by atoms with Crippen LogP contribution in [0.25, 0.3) is 110 Å². The van der Waals surface area contributed by atoms with Crippen molar-refractivity contribution in [2.45, 2.75) is 12.8 Å². The van der Waals surface area contributed by atoms with Crippen LogP contribution < -0.4 is 0 Å². The first-order chi connectivity index (χ1) is 32.2. The quantitative estimate of drug-likeness (QED) is 0.153. The average Bonchev–Trinajstić information content (AvgIpc) is 3.92. The van der Waals surface area contributed by atoms with E-state index in [-0.39, 0.29) is 5.92 Å². The van der Waals surface area contributed by atoms with Crippen LogP contribution in [-0.4, -0.2) is 4.57 Å². The highest BCUT2D eigenvalue weighted by Crippen LogP contribution is 2.46. The number of nitrogens with zero attached hydrogens (tertiary/aromatic N) is 1. The molecule has 306 valence electrons. The monoisotopic (exact) mass is 829 g/mol. The predicted octanol–water partition coefficient (Wildman–Crippen LogP) is 17.4. The zero-order chi connectivity index (χ0) is 43.0. The molecular weight excluding hydrogens is 787 g/mol. The van der Waals surface area contributed by atoms with E-state index in [0.29, 0.717) is 5.92 Å². The van der Waals surface area contributed by atoms with Crippen molar-refractivity contribution in [3.63, 3.8) is 0 Å². The molecule has 0 saturated heterocycles. The summed E-state index contributed by atoms with van der Waals surface area (Å²) in [6, 6.07) is 77.4. The molecule has 2 atom stereocenters. The van der Waals surface area contributed by atoms with Crippen LogP contribution in [0.3, 0.4) is 0 Å². The van der Waals surface area contributed by atoms with E-state index in [9.17, 15) is 0 Å². The summed E-state index contributed by atoms with van der Waals surface area (Å²) in [6.45, 7) is 2.33. The van der Waals surface area contributed by atoms with E-state index in [0.717, 1.165) is 44.3 Å². The number of aromatic nitrogens is 1. The lowest BCUT2D eigenvalue weighted by molar-refractivity contribution is 0.637. The Hall–Kier alpha value is -8.20. The van der Waals surface area contributed by atoms with Crippen molar-refractivity contribution in [3.05, 3.63) is 242 Å². The Balaban J connectivity index is 0.903. The van der Waals surface area contributed by atoms with Gasteiger partial charge in [-0.1, -0.05) is 207 Å². The van der Waals surface area contributed by atoms with Crippen molar-refractivity contribution in [3.8, 4) is 39.1 Å². The van der Waals surface area contributed by atoms with Crippen LogP contribution in [0.4, 0.5) is 0 Å². The second-order valence-corrected chi connectivity index (χ2v) is 17.6. The SMILES string of the molecule is CC1C=CC(c2cccc3c2oc2c(-c4ccccc4)cccc23)=CC1c1ccc2c(c1)c1ccccc1n2-c1ccc(-c2c3ccccc3c(-c3ccccc3)c3ccccc23)cc1. The van der Waals surface area contributed by atoms with Crippen LogP contribution in [0, 0.1) is 5.92 Å². The lowest BCUT2D eigenvalue weighted by atomic mass is 9.80. The molecule has 1 aliphatic carbocycles. The van der Waals surface area contributed by atoms with Gasteiger partial charge in [0.2, 0.25) is 0 Å². The smallest absolute Gasteiger partial charge is 0.143 e. The molecule has 0 radical (unpaired) electrons. The Kier molecular flexibility index (Phi) is 8.60. The molecule has 12 aromatic rings. The van der Waals surface area contributed by atoms with Crippen molar-refractivity contribution >= 4 is 70.9 Å². The Morgan fingerprint density at radius 2 is 0.908 bits per heavy atom. The molecular formula is C63H43NO. The molecule has 2 heteroatoms. The van der Waals surface area contributed by atoms with Gasteiger partial charge in [0, 0.05) is 44.3 Å². The zero-order valence-corrected chi connectivity index (χ0v) is 35.9. The number of benzene rings is 10. The maximum atomic E-state index is 6.85. The number of allylic oxidation sites excluding steroid dienone is 4. The first-order valence-electron chi connectivity index (χ1n) is 22.7. The Morgan fingerprint density at radius 1 is 0.400 bits per heavy atom. The van der Waals surface area contributed by atoms with Crippen LogP contribution in [-0.2, 0) is 0 Å². The number of hydrogen-bond donors (Lipinski definition) is 0. The summed E-state index contributed by atoms with van der Waals surface area (Å²) >= 11 is 0. The van der Waals surface area contributed by atoms with Crippen molar-refractivity contribution in [2.75, 3.05) is 0 Å². The second kappa shape index (κ2) is 15.0. The summed E-state index contributed by atoms with van der Waals surface area (Å²) in [5, 5.41) is 9.86. The Morgan fingerprint density at radius 3 is 1.55 bits per heavy atom. The summed E-state index contributed by atoms with van der Waals surface area (Å²) < 4.78 is 9.29. The van der Waals surface area contributed by atoms with Crippen LogP contribution in [0.2, 0.25) is 0 Å². The van der Waals surface area contributed by atoms with Gasteiger partial charge >= 0.3 is 0 Å². The van der Waals surface area contributed by atoms with Gasteiger partial charge in [0.15, 0.2) is 0 Å². The van der Waals surface area contributed by atoms with Crippen LogP contribution in [0.15, 0.2) is 235 Å². The van der Waals surface area contributed by atoms with E-state index >= 15 is 0 Å². The summed E-state index contributed by atoms with van der Waals surface area (Å²) in [5.74, 6) is 0.517. The van der Waals surface area contributed by atoms with E-state index < -0.39 is 0 Å². The standard InChI is InChI=1S/C63H43NO/c1-40-30-31-44(48-26-15-28-55-54-27-14-25-47(62(54)65-63(48)55)41-16-4-2-5-17-41)38-56(40)45-34-37-59-57(39-45)49-20-12-13-29-58(49)64(59)46-35-32-43(33-36-46)61-52-23-10-8-21-50(52)60(42-18-6-3-7-19-42)51-22-9-11-24-53(51)61/h2-40,56H,1H3. The lowest BCUT2D eigenvalue weighted by Crippen LogP contribution is -2.09. The maximum absolute atomic E-state index is 6.85. The van der Waals surface area contributed by atoms with Gasteiger partial charge in [0.1, 0.15) is 11.2 Å². The van der Waals surface area contributed by atoms with Gasteiger partial charge in [-0.25, -0.2) is 0 Å². The van der Waals surface area contributed by atoms with E-state index in [1.807, 2.05) is 0 Å². The fraction of sp³-hybridized carbons (Fsp3) is 0.0476. The molecule has 2 nitrogen and oxygen atoms in total. The van der Waals surface area contributed by atoms with E-state index in [2.05, 4.69) is 242 Å². The molecule has 0 amide bonds. The Bertz CT molecular complexity index is 3830. The van der Waals surface area contributed by atoms with Crippen LogP contribution >= 0.6 is 0 Å². The van der Waals surface area contributed by atoms with E-state index in [1.54, 1.807) is 0 Å². The van der Waals surface area contributed by atoms with Crippen LogP contribution in [0.1, 0.15) is 24.0 Å². The molecule has 13 rings (SSSR count). The highest BCUT2D eigenvalue weighted by molar-refractivity contribution is 6.21. The van der Waals surface area contributed by atoms with Crippen molar-refractivity contribution in [1.29, 1.82) is 0 Å². The third kappa shape index (κ3) is 5.95. The van der Waals surface area contributed by atoms with Gasteiger partial charge in [0.05, 0.1) is 11.0 Å². The minimum Gasteiger partial charge on any atom is -0.455 e. The first kappa shape index (κ1) is 37.4. The van der Waals surface area contributed by atoms with Gasteiger partial charge < -0.3 is 8.98 Å². The summed E-state index contributed by atoms with van der Waals surface area (Å²) in [6.07, 6.45) is 7.12. The molecule has 0 bridgehead atoms. The predicted molar refractivity (Wildman–Crippen MR) is 275 cm³/mol. The molecule has 2 unspecified atom stereocenters. The summed E-state index contributed by atoms with van der Waals surface area (Å²) in [5.41, 5.74) is 16.3. The topological polar surface area (TPSA) is 18.1 Å². The largest absolute Gasteiger partial charge is 0.455 e. The van der Waals surface area contributed by atoms with Crippen LogP contribution in [0.5, 0.6) is 0 Å². The fourth-order valence-corrected chi connectivity index (χ4v) is 10.9. The van der Waals surface area contributed by atoms with Crippen molar-refractivity contribution in [2.24, 2.45) is 5.92 Å². The zero-order valence-electron chi connectivity index (χ0n) is 35.9. The molecule has 2 aromatic heterocycles. The third-order valence-electron chi connectivity index (χ3n) is 13.9. The molecule has 0 N–H and O–H groups in total. The Labute approximate surface area is 377 Å². The molecule has 1 aliphatic rings. The summed E-state index contributed by atoms with van der Waals surface area (Å²) in [7, 11) is 0. The van der Waals surface area contributed by atoms with Crippen molar-refractivity contribution in [1.82, 2.24) is 4.57 Å². The van der Waals surface area contributed by atoms with Gasteiger partial charge in [0.25, 0.3) is 0 Å². The molecule has 65 heavy (non-hydrogen) atoms. The normalized spacial score (nSPS) is 15.2. The molecule has 2 heterocycles. The highest BCUT2D eigenvalue weighted by Gasteiger charge is 2.24. The lowest BCUT2D eigenvalue weighted by Gasteiger charge is -2.24. The molecule has 0 saturated carbocycles. The highest BCUT2D eigenvalue weighted by atomic mass is 16.3. The first-order valence-corrected chi connectivity index (χ1v) is 22.7. The van der Waals surface area contributed by atoms with Crippen molar-refractivity contribution < 1.29 is 4.42 Å². The number of fused-ring (bicyclic) bond motifs is 8. The maximum Gasteiger partial charge on any atom is 0.143 e. The molecule has 0 aliphatic heterocycles. The fourth-order valence-electron chi connectivity index (χ4n) is 10.9. The van der Waals surface area contributed by atoms with Gasteiger partial charge in [-0.2, -0.15) is 0 Å². The van der Waals surface area contributed by atoms with E-state index in [4.69, 9.17) is 4.42 Å².